The van der Waals surface area contributed by atoms with Gasteiger partial charge in [0, 0.05) is 11.1 Å². The Hall–Kier alpha value is -2.08. The Labute approximate surface area is 154 Å². The van der Waals surface area contributed by atoms with Gasteiger partial charge in [-0.25, -0.2) is 9.97 Å². The zero-order chi connectivity index (χ0) is 17.4. The number of thiophene rings is 1. The minimum atomic E-state index is -0.158. The van der Waals surface area contributed by atoms with E-state index in [4.69, 9.17) is 16.3 Å². The van der Waals surface area contributed by atoms with Gasteiger partial charge < -0.3 is 4.74 Å². The fourth-order valence-corrected chi connectivity index (χ4v) is 4.30. The maximum Gasteiger partial charge on any atom is 0.207 e. The first-order valence-corrected chi connectivity index (χ1v) is 9.14. The largest absolute Gasteiger partial charge is 0.368 e. The van der Waals surface area contributed by atoms with Crippen molar-refractivity contribution < 1.29 is 9.53 Å². The van der Waals surface area contributed by atoms with Crippen LogP contribution in [0.5, 0.6) is 0 Å². The van der Waals surface area contributed by atoms with Crippen LogP contribution in [0.1, 0.15) is 42.9 Å². The van der Waals surface area contributed by atoms with Crippen LogP contribution in [-0.2, 0) is 11.2 Å². The molecule has 0 bridgehead atoms. The summed E-state index contributed by atoms with van der Waals surface area (Å²) in [7, 11) is 0. The normalized spacial score (nSPS) is 16.5. The molecule has 4 nitrogen and oxygen atoms in total. The summed E-state index contributed by atoms with van der Waals surface area (Å²) in [5, 5.41) is 0.173. The molecule has 0 unspecified atom stereocenters. The van der Waals surface area contributed by atoms with Gasteiger partial charge in [-0.1, -0.05) is 35.9 Å². The zero-order valence-electron chi connectivity index (χ0n) is 13.5. The summed E-state index contributed by atoms with van der Waals surface area (Å²) < 4.78 is 6.04. The standard InChI is InChI=1S/C19H15ClN2O2S/c1-11-14(18-13-5-3-2-4-12(13)6-7-24-18)8-16(25-11)17(23)15-9-21-10-22-19(15)20/h2-5,8-10,18H,6-7H2,1H3/t18-/m1/s1. The van der Waals surface area contributed by atoms with E-state index in [1.165, 1.54) is 35.0 Å². The summed E-state index contributed by atoms with van der Waals surface area (Å²) in [6.45, 7) is 2.69. The minimum absolute atomic E-state index is 0.134. The van der Waals surface area contributed by atoms with Crippen LogP contribution < -0.4 is 0 Å². The number of ether oxygens (including phenoxy) is 1. The molecule has 1 atom stereocenters. The van der Waals surface area contributed by atoms with E-state index in [0.717, 1.165) is 16.9 Å². The second kappa shape index (κ2) is 6.67. The van der Waals surface area contributed by atoms with E-state index >= 15 is 0 Å². The van der Waals surface area contributed by atoms with Crippen LogP contribution in [0.3, 0.4) is 0 Å². The minimum Gasteiger partial charge on any atom is -0.368 e. The molecule has 126 valence electrons. The predicted octanol–water partition coefficient (Wildman–Crippen LogP) is 4.39. The fourth-order valence-electron chi connectivity index (χ4n) is 3.12. The number of fused-ring (bicyclic) bond motifs is 1. The van der Waals surface area contributed by atoms with Gasteiger partial charge in [-0.2, -0.15) is 0 Å². The van der Waals surface area contributed by atoms with Gasteiger partial charge in [0.2, 0.25) is 5.78 Å². The zero-order valence-corrected chi connectivity index (χ0v) is 15.1. The van der Waals surface area contributed by atoms with E-state index in [2.05, 4.69) is 22.1 Å². The number of carbonyl (C=O) groups excluding carboxylic acids is 1. The van der Waals surface area contributed by atoms with Crippen LogP contribution in [0.15, 0.2) is 42.9 Å². The van der Waals surface area contributed by atoms with Crippen LogP contribution in [0, 0.1) is 6.92 Å². The van der Waals surface area contributed by atoms with Gasteiger partial charge >= 0.3 is 0 Å². The van der Waals surface area contributed by atoms with Gasteiger partial charge in [0.05, 0.1) is 17.0 Å². The lowest BCUT2D eigenvalue weighted by Gasteiger charge is -2.26. The number of nitrogens with zero attached hydrogens (tertiary/aromatic N) is 2. The summed E-state index contributed by atoms with van der Waals surface area (Å²) in [6.07, 6.45) is 3.57. The predicted molar refractivity (Wildman–Crippen MR) is 97.5 cm³/mol. The summed E-state index contributed by atoms with van der Waals surface area (Å²) in [5.41, 5.74) is 3.84. The van der Waals surface area contributed by atoms with Gasteiger partial charge in [-0.05, 0) is 36.1 Å². The average molecular weight is 371 g/mol. The molecule has 2 aromatic heterocycles. The van der Waals surface area contributed by atoms with Crippen molar-refractivity contribution in [1.82, 2.24) is 9.97 Å². The van der Waals surface area contributed by atoms with Gasteiger partial charge in [0.15, 0.2) is 0 Å². The summed E-state index contributed by atoms with van der Waals surface area (Å²) in [6, 6.07) is 10.2. The number of hydrogen-bond donors (Lipinski definition) is 0. The Balaban J connectivity index is 1.73. The van der Waals surface area contributed by atoms with Crippen molar-refractivity contribution in [2.45, 2.75) is 19.4 Å². The first kappa shape index (κ1) is 16.4. The van der Waals surface area contributed by atoms with Crippen LogP contribution in [-0.4, -0.2) is 22.4 Å². The number of rotatable bonds is 3. The molecule has 0 fully saturated rings. The van der Waals surface area contributed by atoms with Gasteiger partial charge in [0.1, 0.15) is 17.6 Å². The van der Waals surface area contributed by atoms with Crippen LogP contribution in [0.2, 0.25) is 5.15 Å². The van der Waals surface area contributed by atoms with E-state index in [0.29, 0.717) is 17.0 Å². The van der Waals surface area contributed by atoms with Crippen molar-refractivity contribution in [3.05, 3.63) is 80.0 Å². The molecule has 1 aliphatic heterocycles. The number of ketones is 1. The van der Waals surface area contributed by atoms with E-state index in [1.807, 2.05) is 25.1 Å². The molecule has 1 aliphatic rings. The van der Waals surface area contributed by atoms with E-state index < -0.39 is 0 Å². The smallest absolute Gasteiger partial charge is 0.207 e. The molecule has 0 N–H and O–H groups in total. The van der Waals surface area contributed by atoms with E-state index in [9.17, 15) is 4.79 Å². The third kappa shape index (κ3) is 2.99. The van der Waals surface area contributed by atoms with Crippen molar-refractivity contribution in [3.8, 4) is 0 Å². The molecule has 0 amide bonds. The van der Waals surface area contributed by atoms with Crippen molar-refractivity contribution in [2.75, 3.05) is 6.61 Å². The highest BCUT2D eigenvalue weighted by Gasteiger charge is 2.27. The van der Waals surface area contributed by atoms with Crippen molar-refractivity contribution in [2.24, 2.45) is 0 Å². The molecule has 3 heterocycles. The Morgan fingerprint density at radius 1 is 1.32 bits per heavy atom. The molecule has 25 heavy (non-hydrogen) atoms. The number of carbonyl (C=O) groups is 1. The Morgan fingerprint density at radius 2 is 2.16 bits per heavy atom. The van der Waals surface area contributed by atoms with Gasteiger partial charge in [0.25, 0.3) is 0 Å². The number of aryl methyl sites for hydroxylation is 1. The quantitative estimate of drug-likeness (QED) is 0.506. The molecule has 3 aromatic rings. The molecule has 0 saturated carbocycles. The second-order valence-corrected chi connectivity index (χ2v) is 7.49. The molecule has 0 aliphatic carbocycles. The van der Waals surface area contributed by atoms with Crippen molar-refractivity contribution in [3.63, 3.8) is 0 Å². The fraction of sp³-hybridized carbons (Fsp3) is 0.211. The topological polar surface area (TPSA) is 52.1 Å². The van der Waals surface area contributed by atoms with Crippen LogP contribution in [0.4, 0.5) is 0 Å². The Morgan fingerprint density at radius 3 is 3.00 bits per heavy atom. The number of hydrogen-bond acceptors (Lipinski definition) is 5. The molecule has 6 heteroatoms. The van der Waals surface area contributed by atoms with Crippen LogP contribution >= 0.6 is 22.9 Å². The summed E-state index contributed by atoms with van der Waals surface area (Å²) in [4.78, 5) is 22.2. The lowest BCUT2D eigenvalue weighted by Crippen LogP contribution is -2.17. The first-order chi connectivity index (χ1) is 12.1. The lowest BCUT2D eigenvalue weighted by atomic mass is 9.93. The molecule has 1 aromatic carbocycles. The number of aromatic nitrogens is 2. The molecule has 0 radical (unpaired) electrons. The first-order valence-electron chi connectivity index (χ1n) is 7.95. The number of benzene rings is 1. The third-order valence-electron chi connectivity index (χ3n) is 4.36. The third-order valence-corrected chi connectivity index (χ3v) is 5.73. The SMILES string of the molecule is Cc1sc(C(=O)c2cncnc2Cl)cc1[C@@H]1OCCc2ccccc21. The van der Waals surface area contributed by atoms with Crippen LogP contribution in [0.25, 0.3) is 0 Å². The van der Waals surface area contributed by atoms with E-state index in [1.54, 1.807) is 0 Å². The molecule has 4 rings (SSSR count). The Kier molecular flexibility index (Phi) is 4.37. The Bertz CT molecular complexity index is 954. The highest BCUT2D eigenvalue weighted by Crippen LogP contribution is 2.38. The van der Waals surface area contributed by atoms with Crippen molar-refractivity contribution in [1.29, 1.82) is 0 Å². The second-order valence-electron chi connectivity index (χ2n) is 5.88. The van der Waals surface area contributed by atoms with Gasteiger partial charge in [-0.3, -0.25) is 4.79 Å². The maximum atomic E-state index is 12.8. The highest BCUT2D eigenvalue weighted by atomic mass is 35.5. The summed E-state index contributed by atoms with van der Waals surface area (Å²) in [5.74, 6) is -0.158. The molecule has 0 saturated heterocycles. The highest BCUT2D eigenvalue weighted by molar-refractivity contribution is 7.14. The number of halogens is 1. The molecular formula is C19H15ClN2O2S. The average Bonchev–Trinajstić information content (AvgIpc) is 3.02. The molecular weight excluding hydrogens is 356 g/mol. The molecule has 0 spiro atoms. The summed E-state index contributed by atoms with van der Waals surface area (Å²) >= 11 is 7.49. The maximum absolute atomic E-state index is 12.8. The van der Waals surface area contributed by atoms with Crippen molar-refractivity contribution >= 4 is 28.7 Å². The van der Waals surface area contributed by atoms with E-state index in [-0.39, 0.29) is 17.0 Å². The monoisotopic (exact) mass is 370 g/mol. The van der Waals surface area contributed by atoms with Gasteiger partial charge in [-0.15, -0.1) is 11.3 Å². The lowest BCUT2D eigenvalue weighted by molar-refractivity contribution is 0.0697.